The number of amides is 1. The van der Waals surface area contributed by atoms with Gasteiger partial charge in [-0.25, -0.2) is 0 Å². The summed E-state index contributed by atoms with van der Waals surface area (Å²) in [6.07, 6.45) is 1.50. The number of anilines is 1. The van der Waals surface area contributed by atoms with Gasteiger partial charge in [0.1, 0.15) is 11.5 Å². The van der Waals surface area contributed by atoms with Gasteiger partial charge in [-0.2, -0.15) is 0 Å². The van der Waals surface area contributed by atoms with Crippen LogP contribution in [0.15, 0.2) is 48.5 Å². The van der Waals surface area contributed by atoms with E-state index in [1.54, 1.807) is 7.11 Å². The zero-order valence-electron chi connectivity index (χ0n) is 17.9. The number of nitrogens with one attached hydrogen (secondary N) is 1. The standard InChI is InChI=1S/C24H30N2O4/c1-4-30-22-8-6-5-7-21(22)25-24(28)17(2)26-15-13-19(14-16-26)23(27)18-9-11-20(29-3)12-10-18/h5-12,17,19H,4,13-16H2,1-3H3,(H,25,28). The molecule has 1 amide bonds. The molecule has 0 aliphatic carbocycles. The van der Waals surface area contributed by atoms with E-state index in [1.807, 2.05) is 62.4 Å². The zero-order valence-corrected chi connectivity index (χ0v) is 17.9. The van der Waals surface area contributed by atoms with Crippen LogP contribution in [0.4, 0.5) is 5.69 Å². The molecule has 160 valence electrons. The molecule has 0 saturated carbocycles. The Kier molecular flexibility index (Phi) is 7.46. The summed E-state index contributed by atoms with van der Waals surface area (Å²) in [7, 11) is 1.61. The van der Waals surface area contributed by atoms with Gasteiger partial charge in [-0.1, -0.05) is 12.1 Å². The minimum absolute atomic E-state index is 0.0106. The van der Waals surface area contributed by atoms with Crippen molar-refractivity contribution in [3.8, 4) is 11.5 Å². The van der Waals surface area contributed by atoms with Crippen LogP contribution in [0.3, 0.4) is 0 Å². The highest BCUT2D eigenvalue weighted by molar-refractivity contribution is 5.98. The van der Waals surface area contributed by atoms with Crippen LogP contribution in [0.5, 0.6) is 11.5 Å². The number of benzene rings is 2. The number of carbonyl (C=O) groups excluding carboxylic acids is 2. The van der Waals surface area contributed by atoms with E-state index in [-0.39, 0.29) is 23.7 Å². The van der Waals surface area contributed by atoms with Gasteiger partial charge in [0, 0.05) is 11.5 Å². The molecule has 0 spiro atoms. The molecule has 1 saturated heterocycles. The van der Waals surface area contributed by atoms with Crippen molar-refractivity contribution in [3.05, 3.63) is 54.1 Å². The fraction of sp³-hybridized carbons (Fsp3) is 0.417. The van der Waals surface area contributed by atoms with Crippen molar-refractivity contribution in [1.29, 1.82) is 0 Å². The third-order valence-electron chi connectivity index (χ3n) is 5.65. The van der Waals surface area contributed by atoms with E-state index in [4.69, 9.17) is 9.47 Å². The highest BCUT2D eigenvalue weighted by Crippen LogP contribution is 2.26. The molecule has 0 aromatic heterocycles. The van der Waals surface area contributed by atoms with Gasteiger partial charge in [0.25, 0.3) is 0 Å². The summed E-state index contributed by atoms with van der Waals surface area (Å²) < 4.78 is 10.7. The lowest BCUT2D eigenvalue weighted by atomic mass is 9.88. The number of para-hydroxylation sites is 2. The Morgan fingerprint density at radius 1 is 1.10 bits per heavy atom. The molecule has 30 heavy (non-hydrogen) atoms. The van der Waals surface area contributed by atoms with Gasteiger partial charge in [-0.3, -0.25) is 14.5 Å². The number of ether oxygens (including phenoxy) is 2. The Labute approximate surface area is 178 Å². The molecule has 0 bridgehead atoms. The minimum atomic E-state index is -0.281. The summed E-state index contributed by atoms with van der Waals surface area (Å²) in [6, 6.07) is 14.4. The summed E-state index contributed by atoms with van der Waals surface area (Å²) in [5, 5.41) is 2.98. The fourth-order valence-electron chi connectivity index (χ4n) is 3.79. The SMILES string of the molecule is CCOc1ccccc1NC(=O)C(C)N1CCC(C(=O)c2ccc(OC)cc2)CC1. The van der Waals surface area contributed by atoms with Crippen LogP contribution in [-0.4, -0.2) is 49.4 Å². The van der Waals surface area contributed by atoms with E-state index in [9.17, 15) is 9.59 Å². The predicted octanol–water partition coefficient (Wildman–Crippen LogP) is 4.02. The first-order valence-electron chi connectivity index (χ1n) is 10.5. The van der Waals surface area contributed by atoms with Crippen molar-refractivity contribution < 1.29 is 19.1 Å². The smallest absolute Gasteiger partial charge is 0.241 e. The van der Waals surface area contributed by atoms with Gasteiger partial charge < -0.3 is 14.8 Å². The van der Waals surface area contributed by atoms with E-state index in [0.717, 1.165) is 18.6 Å². The molecule has 1 unspecified atom stereocenters. The number of likely N-dealkylation sites (tertiary alicyclic amines) is 1. The molecule has 1 fully saturated rings. The van der Waals surface area contributed by atoms with Crippen molar-refractivity contribution in [1.82, 2.24) is 4.90 Å². The Morgan fingerprint density at radius 2 is 1.77 bits per heavy atom. The molecule has 3 rings (SSSR count). The Balaban J connectivity index is 1.55. The Bertz CT molecular complexity index is 858. The summed E-state index contributed by atoms with van der Waals surface area (Å²) in [5.74, 6) is 1.50. The lowest BCUT2D eigenvalue weighted by Crippen LogP contribution is -2.47. The molecule has 1 N–H and O–H groups in total. The van der Waals surface area contributed by atoms with E-state index < -0.39 is 0 Å². The van der Waals surface area contributed by atoms with Crippen molar-refractivity contribution in [3.63, 3.8) is 0 Å². The first kappa shape index (κ1) is 21.8. The second kappa shape index (κ2) is 10.3. The van der Waals surface area contributed by atoms with Crippen LogP contribution in [0, 0.1) is 5.92 Å². The van der Waals surface area contributed by atoms with Crippen LogP contribution in [0.1, 0.15) is 37.0 Å². The topological polar surface area (TPSA) is 67.9 Å². The maximum atomic E-state index is 12.8. The monoisotopic (exact) mass is 410 g/mol. The number of methoxy groups -OCH3 is 1. The second-order valence-corrected chi connectivity index (χ2v) is 7.50. The molecule has 1 aliphatic rings. The molecule has 6 heteroatoms. The third-order valence-corrected chi connectivity index (χ3v) is 5.65. The molecule has 2 aromatic carbocycles. The Hall–Kier alpha value is -2.86. The van der Waals surface area contributed by atoms with Gasteiger partial charge in [-0.05, 0) is 76.2 Å². The summed E-state index contributed by atoms with van der Waals surface area (Å²) in [5.41, 5.74) is 1.40. The third kappa shape index (κ3) is 5.19. The average Bonchev–Trinajstić information content (AvgIpc) is 2.79. The van der Waals surface area contributed by atoms with E-state index >= 15 is 0 Å². The maximum Gasteiger partial charge on any atom is 0.241 e. The fourth-order valence-corrected chi connectivity index (χ4v) is 3.79. The maximum absolute atomic E-state index is 12.8. The molecule has 1 aliphatic heterocycles. The highest BCUT2D eigenvalue weighted by Gasteiger charge is 2.30. The van der Waals surface area contributed by atoms with Crippen LogP contribution in [0.2, 0.25) is 0 Å². The van der Waals surface area contributed by atoms with Crippen LogP contribution >= 0.6 is 0 Å². The van der Waals surface area contributed by atoms with E-state index in [2.05, 4.69) is 10.2 Å². The second-order valence-electron chi connectivity index (χ2n) is 7.50. The van der Waals surface area contributed by atoms with E-state index in [0.29, 0.717) is 36.7 Å². The van der Waals surface area contributed by atoms with E-state index in [1.165, 1.54) is 0 Å². The number of piperidine rings is 1. The van der Waals surface area contributed by atoms with Crippen LogP contribution in [-0.2, 0) is 4.79 Å². The summed E-state index contributed by atoms with van der Waals surface area (Å²) in [6.45, 7) is 5.80. The normalized spacial score (nSPS) is 16.0. The lowest BCUT2D eigenvalue weighted by molar-refractivity contribution is -0.121. The number of carbonyl (C=O) groups is 2. The van der Waals surface area contributed by atoms with Crippen LogP contribution in [0.25, 0.3) is 0 Å². The van der Waals surface area contributed by atoms with Crippen molar-refractivity contribution >= 4 is 17.4 Å². The first-order chi connectivity index (χ1) is 14.5. The zero-order chi connectivity index (χ0) is 21.5. The predicted molar refractivity (Wildman–Crippen MR) is 117 cm³/mol. The molecule has 1 heterocycles. The number of nitrogens with zero attached hydrogens (tertiary/aromatic N) is 1. The van der Waals surface area contributed by atoms with Crippen molar-refractivity contribution in [2.75, 3.05) is 32.1 Å². The number of hydrogen-bond acceptors (Lipinski definition) is 5. The number of ketones is 1. The molecular formula is C24H30N2O4. The molecular weight excluding hydrogens is 380 g/mol. The number of hydrogen-bond donors (Lipinski definition) is 1. The molecule has 2 aromatic rings. The van der Waals surface area contributed by atoms with Gasteiger partial charge in [0.2, 0.25) is 5.91 Å². The minimum Gasteiger partial charge on any atom is -0.497 e. The largest absolute Gasteiger partial charge is 0.497 e. The highest BCUT2D eigenvalue weighted by atomic mass is 16.5. The number of rotatable bonds is 8. The van der Waals surface area contributed by atoms with Gasteiger partial charge in [-0.15, -0.1) is 0 Å². The number of Topliss-reactive ketones (excluding diaryl/α,β-unsaturated/α-hetero) is 1. The van der Waals surface area contributed by atoms with Gasteiger partial charge >= 0.3 is 0 Å². The quantitative estimate of drug-likeness (QED) is 0.666. The molecule has 6 nitrogen and oxygen atoms in total. The lowest BCUT2D eigenvalue weighted by Gasteiger charge is -2.34. The van der Waals surface area contributed by atoms with Gasteiger partial charge in [0.05, 0.1) is 25.4 Å². The van der Waals surface area contributed by atoms with Crippen molar-refractivity contribution in [2.45, 2.75) is 32.7 Å². The molecule has 1 atom stereocenters. The molecule has 0 radical (unpaired) electrons. The summed E-state index contributed by atoms with van der Waals surface area (Å²) in [4.78, 5) is 27.7. The first-order valence-corrected chi connectivity index (χ1v) is 10.5. The Morgan fingerprint density at radius 3 is 2.40 bits per heavy atom. The van der Waals surface area contributed by atoms with Crippen molar-refractivity contribution in [2.24, 2.45) is 5.92 Å². The van der Waals surface area contributed by atoms with Gasteiger partial charge in [0.15, 0.2) is 5.78 Å². The van der Waals surface area contributed by atoms with Crippen LogP contribution < -0.4 is 14.8 Å². The summed E-state index contributed by atoms with van der Waals surface area (Å²) >= 11 is 0. The average molecular weight is 411 g/mol.